The summed E-state index contributed by atoms with van der Waals surface area (Å²) in [7, 11) is 0. The number of carbonyl (C=O) groups excluding carboxylic acids is 1. The van der Waals surface area contributed by atoms with Gasteiger partial charge in [0.05, 0.1) is 5.56 Å². The Morgan fingerprint density at radius 2 is 1.36 bits per heavy atom. The van der Waals surface area contributed by atoms with Crippen LogP contribution in [-0.4, -0.2) is 11.9 Å². The smallest absolute Gasteiger partial charge is 0.198 e. The lowest BCUT2D eigenvalue weighted by molar-refractivity contribution is 0.0951. The Bertz CT molecular complexity index is 1470. The van der Waals surface area contributed by atoms with Gasteiger partial charge in [0.25, 0.3) is 0 Å². The number of ketones is 1. The summed E-state index contributed by atoms with van der Waals surface area (Å²) in [5, 5.41) is 4.17. The van der Waals surface area contributed by atoms with Gasteiger partial charge < -0.3 is 9.47 Å². The van der Waals surface area contributed by atoms with Gasteiger partial charge in [0.2, 0.25) is 0 Å². The minimum absolute atomic E-state index is 0.0344. The van der Waals surface area contributed by atoms with E-state index in [2.05, 4.69) is 24.3 Å². The predicted molar refractivity (Wildman–Crippen MR) is 131 cm³/mol. The molecule has 1 saturated heterocycles. The van der Waals surface area contributed by atoms with Crippen molar-refractivity contribution in [3.8, 4) is 5.75 Å². The summed E-state index contributed by atoms with van der Waals surface area (Å²) in [6, 6.07) is 36.2. The molecule has 5 aromatic carbocycles. The molecule has 0 N–H and O–H groups in total. The number of rotatable bonds is 6. The van der Waals surface area contributed by atoms with Crippen LogP contribution < -0.4 is 4.74 Å². The third-order valence-corrected chi connectivity index (χ3v) is 6.25. The van der Waals surface area contributed by atoms with E-state index >= 15 is 0 Å². The van der Waals surface area contributed by atoms with Crippen molar-refractivity contribution in [2.75, 3.05) is 0 Å². The first-order valence-electron chi connectivity index (χ1n) is 11.2. The molecule has 1 aliphatic rings. The van der Waals surface area contributed by atoms with Gasteiger partial charge in [0, 0.05) is 0 Å². The summed E-state index contributed by atoms with van der Waals surface area (Å²) in [6.45, 7) is 0.401. The molecule has 5 aromatic rings. The van der Waals surface area contributed by atoms with Crippen LogP contribution in [0, 0.1) is 0 Å². The third kappa shape index (κ3) is 3.67. The van der Waals surface area contributed by atoms with Gasteiger partial charge in [-0.25, -0.2) is 0 Å². The highest BCUT2D eigenvalue weighted by molar-refractivity contribution is 6.13. The summed E-state index contributed by atoms with van der Waals surface area (Å²) in [5.41, 5.74) is 2.70. The lowest BCUT2D eigenvalue weighted by atomic mass is 9.95. The van der Waals surface area contributed by atoms with Crippen molar-refractivity contribution < 1.29 is 14.3 Å². The highest BCUT2D eigenvalue weighted by atomic mass is 16.6. The van der Waals surface area contributed by atoms with Crippen LogP contribution in [0.1, 0.15) is 27.6 Å². The average Bonchev–Trinajstić information content (AvgIpc) is 3.68. The minimum Gasteiger partial charge on any atom is -0.488 e. The quantitative estimate of drug-likeness (QED) is 0.217. The largest absolute Gasteiger partial charge is 0.488 e. The monoisotopic (exact) mass is 430 g/mol. The number of fused-ring (bicyclic) bond motifs is 2. The second kappa shape index (κ2) is 8.19. The second-order valence-electron chi connectivity index (χ2n) is 8.34. The minimum atomic E-state index is -0.513. The Kier molecular flexibility index (Phi) is 4.89. The van der Waals surface area contributed by atoms with Gasteiger partial charge in [-0.1, -0.05) is 103 Å². The van der Waals surface area contributed by atoms with Crippen LogP contribution in [0.3, 0.4) is 0 Å². The summed E-state index contributed by atoms with van der Waals surface area (Å²) < 4.78 is 12.2. The Morgan fingerprint density at radius 3 is 2.18 bits per heavy atom. The summed E-state index contributed by atoms with van der Waals surface area (Å²) in [5.74, 6) is 0.558. The van der Waals surface area contributed by atoms with E-state index in [9.17, 15) is 4.79 Å². The second-order valence-corrected chi connectivity index (χ2v) is 8.34. The first-order valence-corrected chi connectivity index (χ1v) is 11.2. The van der Waals surface area contributed by atoms with E-state index < -0.39 is 6.10 Å². The molecule has 0 saturated carbocycles. The van der Waals surface area contributed by atoms with Gasteiger partial charge >= 0.3 is 0 Å². The molecule has 160 valence electrons. The van der Waals surface area contributed by atoms with Gasteiger partial charge in [0.15, 0.2) is 11.9 Å². The molecule has 6 rings (SSSR count). The van der Waals surface area contributed by atoms with Crippen LogP contribution in [0.25, 0.3) is 21.5 Å². The van der Waals surface area contributed by atoms with Crippen LogP contribution in [0.15, 0.2) is 109 Å². The first kappa shape index (κ1) is 19.7. The molecular weight excluding hydrogens is 408 g/mol. The number of epoxide rings is 1. The van der Waals surface area contributed by atoms with Crippen LogP contribution in [-0.2, 0) is 11.3 Å². The van der Waals surface area contributed by atoms with Crippen molar-refractivity contribution in [1.82, 2.24) is 0 Å². The van der Waals surface area contributed by atoms with Crippen LogP contribution in [0.4, 0.5) is 0 Å². The van der Waals surface area contributed by atoms with Gasteiger partial charge in [-0.2, -0.15) is 0 Å². The molecule has 1 fully saturated rings. The Labute approximate surface area is 192 Å². The van der Waals surface area contributed by atoms with Crippen molar-refractivity contribution in [3.05, 3.63) is 126 Å². The standard InChI is InChI=1S/C30H22O3/c31-28(30-29(33-30)25-16-8-13-21-11-4-6-14-23(21)25)27-24-15-7-5-12-22(24)17-18-26(27)32-19-20-9-2-1-3-10-20/h1-18,29-30H,19H2/t29-,30-/m1/s1. The molecular formula is C30H22O3. The Balaban J connectivity index is 1.36. The summed E-state index contributed by atoms with van der Waals surface area (Å²) >= 11 is 0. The molecule has 0 radical (unpaired) electrons. The van der Waals surface area contributed by atoms with Crippen molar-refractivity contribution >= 4 is 27.3 Å². The highest BCUT2D eigenvalue weighted by Crippen LogP contribution is 2.45. The van der Waals surface area contributed by atoms with Crippen LogP contribution in [0.5, 0.6) is 5.75 Å². The molecule has 3 heteroatoms. The van der Waals surface area contributed by atoms with E-state index in [4.69, 9.17) is 9.47 Å². The lowest BCUT2D eigenvalue weighted by Gasteiger charge is -2.13. The summed E-state index contributed by atoms with van der Waals surface area (Å²) in [6.07, 6.45) is -0.759. The zero-order valence-electron chi connectivity index (χ0n) is 18.0. The molecule has 33 heavy (non-hydrogen) atoms. The number of hydrogen-bond acceptors (Lipinski definition) is 3. The third-order valence-electron chi connectivity index (χ3n) is 6.25. The molecule has 1 aliphatic heterocycles. The number of ether oxygens (including phenoxy) is 2. The molecule has 0 aromatic heterocycles. The highest BCUT2D eigenvalue weighted by Gasteiger charge is 2.48. The number of Topliss-reactive ketones (excluding diaryl/α,β-unsaturated/α-hetero) is 1. The molecule has 0 bridgehead atoms. The molecule has 1 heterocycles. The topological polar surface area (TPSA) is 38.8 Å². The fourth-order valence-corrected chi connectivity index (χ4v) is 4.55. The van der Waals surface area contributed by atoms with Gasteiger partial charge in [-0.05, 0) is 38.7 Å². The molecule has 0 unspecified atom stereocenters. The Hall–Kier alpha value is -3.95. The molecule has 2 atom stereocenters. The molecule has 3 nitrogen and oxygen atoms in total. The van der Waals surface area contributed by atoms with E-state index in [1.54, 1.807) is 0 Å². The van der Waals surface area contributed by atoms with E-state index in [-0.39, 0.29) is 11.9 Å². The molecule has 0 spiro atoms. The zero-order valence-corrected chi connectivity index (χ0v) is 18.0. The van der Waals surface area contributed by atoms with E-state index in [1.807, 2.05) is 84.9 Å². The zero-order chi connectivity index (χ0) is 22.2. The molecule has 0 aliphatic carbocycles. The summed E-state index contributed by atoms with van der Waals surface area (Å²) in [4.78, 5) is 13.8. The SMILES string of the molecule is O=C(c1c(OCc2ccccc2)ccc2ccccc12)[C@H]1O[C@@H]1c1cccc2ccccc12. The maximum Gasteiger partial charge on any atom is 0.198 e. The maximum absolute atomic E-state index is 13.8. The Morgan fingerprint density at radius 1 is 0.697 bits per heavy atom. The van der Waals surface area contributed by atoms with Crippen molar-refractivity contribution in [2.24, 2.45) is 0 Å². The average molecular weight is 431 g/mol. The van der Waals surface area contributed by atoms with E-state index in [0.717, 1.165) is 32.7 Å². The fourth-order valence-electron chi connectivity index (χ4n) is 4.55. The first-order chi connectivity index (χ1) is 16.3. The van der Waals surface area contributed by atoms with Gasteiger partial charge in [-0.3, -0.25) is 4.79 Å². The van der Waals surface area contributed by atoms with Crippen molar-refractivity contribution in [2.45, 2.75) is 18.8 Å². The number of benzene rings is 5. The maximum atomic E-state index is 13.8. The lowest BCUT2D eigenvalue weighted by Crippen LogP contribution is -2.12. The number of carbonyl (C=O) groups is 1. The predicted octanol–water partition coefficient (Wildman–Crippen LogP) is 6.89. The van der Waals surface area contributed by atoms with Gasteiger partial charge in [0.1, 0.15) is 18.5 Å². The van der Waals surface area contributed by atoms with Crippen molar-refractivity contribution in [1.29, 1.82) is 0 Å². The number of hydrogen-bond donors (Lipinski definition) is 0. The molecule has 0 amide bonds. The van der Waals surface area contributed by atoms with Crippen LogP contribution >= 0.6 is 0 Å². The van der Waals surface area contributed by atoms with Gasteiger partial charge in [-0.15, -0.1) is 0 Å². The van der Waals surface area contributed by atoms with Crippen molar-refractivity contribution in [3.63, 3.8) is 0 Å². The van der Waals surface area contributed by atoms with E-state index in [1.165, 1.54) is 0 Å². The normalized spacial score (nSPS) is 17.2. The van der Waals surface area contributed by atoms with Crippen LogP contribution in [0.2, 0.25) is 0 Å². The van der Waals surface area contributed by atoms with E-state index in [0.29, 0.717) is 17.9 Å². The fraction of sp³-hybridized carbons (Fsp3) is 0.100.